The van der Waals surface area contributed by atoms with Crippen LogP contribution in [0.2, 0.25) is 0 Å². The summed E-state index contributed by atoms with van der Waals surface area (Å²) in [4.78, 5) is 23.3. The summed E-state index contributed by atoms with van der Waals surface area (Å²) in [6.45, 7) is 9.65. The van der Waals surface area contributed by atoms with Gasteiger partial charge in [-0.05, 0) is 31.2 Å². The quantitative estimate of drug-likeness (QED) is 0.474. The number of rotatable bonds is 3. The maximum atomic E-state index is 11.9. The summed E-state index contributed by atoms with van der Waals surface area (Å²) in [6, 6.07) is 12.5. The molecule has 4 heteroatoms. The van der Waals surface area contributed by atoms with E-state index >= 15 is 0 Å². The van der Waals surface area contributed by atoms with Crippen LogP contribution in [0.4, 0.5) is 0 Å². The standard InChI is InChI=1S/C15H12O4.C3H8.C2H6/c1-10(16)11-6-3-5-9-14(11)19-15(18)12-7-2-4-8-13(12)17;1-3-2;1-2/h2-9,17H,1H3;3H2,1-2H3;1-2H3. The molecule has 0 atom stereocenters. The molecular weight excluding hydrogens is 304 g/mol. The van der Waals surface area contributed by atoms with E-state index < -0.39 is 5.97 Å². The van der Waals surface area contributed by atoms with Gasteiger partial charge in [0.2, 0.25) is 0 Å². The van der Waals surface area contributed by atoms with Gasteiger partial charge < -0.3 is 9.84 Å². The Kier molecular flexibility index (Phi) is 10.6. The Hall–Kier alpha value is -2.62. The monoisotopic (exact) mass is 330 g/mol. The third-order valence-electron chi connectivity index (χ3n) is 2.59. The van der Waals surface area contributed by atoms with Gasteiger partial charge in [-0.1, -0.05) is 58.4 Å². The molecule has 0 aliphatic heterocycles. The molecule has 0 aliphatic rings. The zero-order valence-corrected chi connectivity index (χ0v) is 15.0. The van der Waals surface area contributed by atoms with Crippen LogP contribution in [0, 0.1) is 0 Å². The van der Waals surface area contributed by atoms with E-state index in [2.05, 4.69) is 13.8 Å². The zero-order valence-electron chi connectivity index (χ0n) is 15.0. The molecule has 0 saturated heterocycles. The number of carbonyl (C=O) groups excluding carboxylic acids is 2. The molecular formula is C20H26O4. The van der Waals surface area contributed by atoms with Crippen molar-refractivity contribution < 1.29 is 19.4 Å². The van der Waals surface area contributed by atoms with Crippen LogP contribution in [-0.2, 0) is 0 Å². The molecule has 0 radical (unpaired) electrons. The molecule has 0 unspecified atom stereocenters. The van der Waals surface area contributed by atoms with Crippen molar-refractivity contribution in [2.24, 2.45) is 0 Å². The largest absolute Gasteiger partial charge is 0.507 e. The van der Waals surface area contributed by atoms with E-state index in [0.29, 0.717) is 5.56 Å². The fourth-order valence-corrected chi connectivity index (χ4v) is 1.65. The number of Topliss-reactive ketones (excluding diaryl/α,β-unsaturated/α-hetero) is 1. The zero-order chi connectivity index (χ0) is 18.5. The number of benzene rings is 2. The highest BCUT2D eigenvalue weighted by Crippen LogP contribution is 2.22. The average Bonchev–Trinajstić information content (AvgIpc) is 2.58. The summed E-state index contributed by atoms with van der Waals surface area (Å²) in [5, 5.41) is 9.57. The minimum Gasteiger partial charge on any atom is -0.507 e. The maximum absolute atomic E-state index is 11.9. The van der Waals surface area contributed by atoms with Gasteiger partial charge in [0.25, 0.3) is 0 Å². The van der Waals surface area contributed by atoms with Gasteiger partial charge >= 0.3 is 5.97 Å². The average molecular weight is 330 g/mol. The molecule has 0 spiro atoms. The number of ether oxygens (including phenoxy) is 1. The van der Waals surface area contributed by atoms with Crippen LogP contribution in [0.25, 0.3) is 0 Å². The Morgan fingerprint density at radius 1 is 0.917 bits per heavy atom. The fourth-order valence-electron chi connectivity index (χ4n) is 1.65. The van der Waals surface area contributed by atoms with Crippen molar-refractivity contribution >= 4 is 11.8 Å². The number of esters is 1. The first-order chi connectivity index (χ1) is 11.5. The van der Waals surface area contributed by atoms with E-state index in [4.69, 9.17) is 4.74 Å². The molecule has 0 heterocycles. The maximum Gasteiger partial charge on any atom is 0.347 e. The Labute approximate surface area is 144 Å². The van der Waals surface area contributed by atoms with Crippen molar-refractivity contribution in [1.29, 1.82) is 0 Å². The van der Waals surface area contributed by atoms with E-state index in [-0.39, 0.29) is 22.8 Å². The number of carbonyl (C=O) groups is 2. The van der Waals surface area contributed by atoms with Crippen LogP contribution >= 0.6 is 0 Å². The summed E-state index contributed by atoms with van der Waals surface area (Å²) in [6.07, 6.45) is 1.25. The van der Waals surface area contributed by atoms with Crippen molar-refractivity contribution in [2.45, 2.75) is 41.0 Å². The van der Waals surface area contributed by atoms with Crippen LogP contribution in [0.15, 0.2) is 48.5 Å². The molecule has 0 aromatic heterocycles. The Bertz CT molecular complexity index is 648. The molecule has 0 bridgehead atoms. The van der Waals surface area contributed by atoms with E-state index in [9.17, 15) is 14.7 Å². The van der Waals surface area contributed by atoms with Crippen LogP contribution < -0.4 is 4.74 Å². The molecule has 2 aromatic rings. The van der Waals surface area contributed by atoms with E-state index in [0.717, 1.165) is 0 Å². The first-order valence-corrected chi connectivity index (χ1v) is 8.11. The van der Waals surface area contributed by atoms with Gasteiger partial charge in [0.1, 0.15) is 17.1 Å². The normalized spacial score (nSPS) is 8.88. The summed E-state index contributed by atoms with van der Waals surface area (Å²) >= 11 is 0. The van der Waals surface area contributed by atoms with Crippen LogP contribution in [-0.4, -0.2) is 16.9 Å². The van der Waals surface area contributed by atoms with Gasteiger partial charge in [-0.2, -0.15) is 0 Å². The van der Waals surface area contributed by atoms with Gasteiger partial charge in [-0.15, -0.1) is 0 Å². The minimum atomic E-state index is -0.702. The highest BCUT2D eigenvalue weighted by Gasteiger charge is 2.16. The molecule has 2 aromatic carbocycles. The van der Waals surface area contributed by atoms with Crippen molar-refractivity contribution in [1.82, 2.24) is 0 Å². The molecule has 1 N–H and O–H groups in total. The number of hydrogen-bond acceptors (Lipinski definition) is 4. The number of ketones is 1. The lowest BCUT2D eigenvalue weighted by molar-refractivity contribution is 0.0730. The third kappa shape index (κ3) is 6.65. The van der Waals surface area contributed by atoms with Gasteiger partial charge in [-0.3, -0.25) is 4.79 Å². The van der Waals surface area contributed by atoms with E-state index in [1.807, 2.05) is 13.8 Å². The number of phenolic OH excluding ortho intramolecular Hbond substituents is 1. The second kappa shape index (κ2) is 11.9. The number of aromatic hydroxyl groups is 1. The van der Waals surface area contributed by atoms with Gasteiger partial charge in [-0.25, -0.2) is 4.79 Å². The fraction of sp³-hybridized carbons (Fsp3) is 0.300. The SMILES string of the molecule is CC.CC(=O)c1ccccc1OC(=O)c1ccccc1O.CCC. The molecule has 0 saturated carbocycles. The van der Waals surface area contributed by atoms with Crippen LogP contribution in [0.1, 0.15) is 61.8 Å². The minimum absolute atomic E-state index is 0.0563. The van der Waals surface area contributed by atoms with Crippen LogP contribution in [0.5, 0.6) is 11.5 Å². The summed E-state index contributed by atoms with van der Waals surface area (Å²) in [7, 11) is 0. The van der Waals surface area contributed by atoms with Crippen molar-refractivity contribution in [3.8, 4) is 11.5 Å². The number of phenols is 1. The Balaban J connectivity index is 0.000000952. The predicted molar refractivity (Wildman–Crippen MR) is 96.8 cm³/mol. The van der Waals surface area contributed by atoms with Crippen molar-refractivity contribution in [3.63, 3.8) is 0 Å². The summed E-state index contributed by atoms with van der Waals surface area (Å²) < 4.78 is 5.15. The van der Waals surface area contributed by atoms with Gasteiger partial charge in [0.05, 0.1) is 5.56 Å². The number of para-hydroxylation sites is 2. The van der Waals surface area contributed by atoms with Crippen molar-refractivity contribution in [3.05, 3.63) is 59.7 Å². The first-order valence-electron chi connectivity index (χ1n) is 8.11. The van der Waals surface area contributed by atoms with Crippen LogP contribution in [0.3, 0.4) is 0 Å². The lowest BCUT2D eigenvalue weighted by atomic mass is 10.1. The second-order valence-corrected chi connectivity index (χ2v) is 4.67. The molecule has 0 fully saturated rings. The third-order valence-corrected chi connectivity index (χ3v) is 2.59. The first kappa shape index (κ1) is 21.4. The lowest BCUT2D eigenvalue weighted by Gasteiger charge is -2.08. The summed E-state index contributed by atoms with van der Waals surface area (Å²) in [5.41, 5.74) is 0.382. The topological polar surface area (TPSA) is 63.6 Å². The highest BCUT2D eigenvalue weighted by atomic mass is 16.5. The van der Waals surface area contributed by atoms with E-state index in [1.54, 1.807) is 30.3 Å². The number of hydrogen-bond donors (Lipinski definition) is 1. The Morgan fingerprint density at radius 3 is 1.88 bits per heavy atom. The van der Waals surface area contributed by atoms with Gasteiger partial charge in [0.15, 0.2) is 5.78 Å². The van der Waals surface area contributed by atoms with Gasteiger partial charge in [0, 0.05) is 0 Å². The lowest BCUT2D eigenvalue weighted by Crippen LogP contribution is -2.11. The molecule has 0 amide bonds. The summed E-state index contributed by atoms with van der Waals surface area (Å²) in [5.74, 6) is -0.872. The Morgan fingerprint density at radius 2 is 1.38 bits per heavy atom. The van der Waals surface area contributed by atoms with Crippen molar-refractivity contribution in [2.75, 3.05) is 0 Å². The van der Waals surface area contributed by atoms with E-state index in [1.165, 1.54) is 31.5 Å². The molecule has 24 heavy (non-hydrogen) atoms. The predicted octanol–water partition coefficient (Wildman–Crippen LogP) is 5.26. The highest BCUT2D eigenvalue weighted by molar-refractivity contribution is 5.99. The molecule has 2 rings (SSSR count). The molecule has 130 valence electrons. The second-order valence-electron chi connectivity index (χ2n) is 4.67. The smallest absolute Gasteiger partial charge is 0.347 e. The molecule has 0 aliphatic carbocycles. The molecule has 4 nitrogen and oxygen atoms in total.